The first kappa shape index (κ1) is 14.0. The summed E-state index contributed by atoms with van der Waals surface area (Å²) >= 11 is 0. The maximum atomic E-state index is 11.4. The minimum absolute atomic E-state index is 0.0570. The molecule has 1 aromatic rings. The lowest BCUT2D eigenvalue weighted by Gasteiger charge is -2.19. The molecule has 0 saturated carbocycles. The molecule has 0 unspecified atom stereocenters. The second kappa shape index (κ2) is 5.48. The summed E-state index contributed by atoms with van der Waals surface area (Å²) in [6, 6.07) is 1.51. The molecular formula is C12H16N2O4. The van der Waals surface area contributed by atoms with Crippen LogP contribution in [-0.2, 0) is 11.3 Å². The van der Waals surface area contributed by atoms with Crippen molar-refractivity contribution >= 4 is 12.4 Å². The Morgan fingerprint density at radius 1 is 1.56 bits per heavy atom. The SMILES string of the molecule is CC(C)(C)OC(=O)NCc1ccnc(C=O)c1O. The molecule has 98 valence electrons. The highest BCUT2D eigenvalue weighted by Crippen LogP contribution is 2.18. The largest absolute Gasteiger partial charge is 0.505 e. The summed E-state index contributed by atoms with van der Waals surface area (Å²) in [4.78, 5) is 25.7. The number of aldehydes is 1. The number of carbonyl (C=O) groups excluding carboxylic acids is 2. The number of alkyl carbamates (subject to hydrolysis) is 1. The normalized spacial score (nSPS) is 10.8. The van der Waals surface area contributed by atoms with Crippen molar-refractivity contribution in [2.24, 2.45) is 0 Å². The van der Waals surface area contributed by atoms with Crippen molar-refractivity contribution in [2.75, 3.05) is 0 Å². The van der Waals surface area contributed by atoms with E-state index >= 15 is 0 Å². The van der Waals surface area contributed by atoms with Crippen molar-refractivity contribution in [3.05, 3.63) is 23.5 Å². The number of carbonyl (C=O) groups is 2. The van der Waals surface area contributed by atoms with Gasteiger partial charge in [-0.25, -0.2) is 9.78 Å². The van der Waals surface area contributed by atoms with E-state index in [4.69, 9.17) is 4.74 Å². The summed E-state index contributed by atoms with van der Waals surface area (Å²) in [5.74, 6) is -0.233. The Balaban J connectivity index is 2.64. The minimum Gasteiger partial charge on any atom is -0.505 e. The first-order valence-electron chi connectivity index (χ1n) is 5.42. The Hall–Kier alpha value is -2.11. The van der Waals surface area contributed by atoms with E-state index in [2.05, 4.69) is 10.3 Å². The van der Waals surface area contributed by atoms with Crippen molar-refractivity contribution < 1.29 is 19.4 Å². The lowest BCUT2D eigenvalue weighted by atomic mass is 10.2. The zero-order valence-corrected chi connectivity index (χ0v) is 10.6. The van der Waals surface area contributed by atoms with Crippen molar-refractivity contribution in [3.63, 3.8) is 0 Å². The Labute approximate surface area is 105 Å². The molecule has 2 N–H and O–H groups in total. The molecule has 0 radical (unpaired) electrons. The number of amides is 1. The van der Waals surface area contributed by atoms with Crippen LogP contribution in [-0.4, -0.2) is 28.1 Å². The summed E-state index contributed by atoms with van der Waals surface area (Å²) in [5.41, 5.74) is -0.241. The van der Waals surface area contributed by atoms with Crippen LogP contribution in [0.2, 0.25) is 0 Å². The van der Waals surface area contributed by atoms with Crippen molar-refractivity contribution in [3.8, 4) is 5.75 Å². The first-order valence-corrected chi connectivity index (χ1v) is 5.42. The molecule has 0 spiro atoms. The Morgan fingerprint density at radius 2 is 2.22 bits per heavy atom. The molecule has 1 rings (SSSR count). The van der Waals surface area contributed by atoms with Crippen LogP contribution in [0.15, 0.2) is 12.3 Å². The van der Waals surface area contributed by atoms with Crippen LogP contribution in [0.4, 0.5) is 4.79 Å². The fourth-order valence-electron chi connectivity index (χ4n) is 1.22. The third kappa shape index (κ3) is 4.04. The lowest BCUT2D eigenvalue weighted by molar-refractivity contribution is 0.0523. The van der Waals surface area contributed by atoms with Crippen LogP contribution in [0.3, 0.4) is 0 Å². The van der Waals surface area contributed by atoms with Crippen LogP contribution in [0.5, 0.6) is 5.75 Å². The van der Waals surface area contributed by atoms with E-state index < -0.39 is 11.7 Å². The predicted molar refractivity (Wildman–Crippen MR) is 64.4 cm³/mol. The standard InChI is InChI=1S/C12H16N2O4/c1-12(2,3)18-11(17)14-6-8-4-5-13-9(7-15)10(8)16/h4-5,7,16H,6H2,1-3H3,(H,14,17). The number of nitrogens with one attached hydrogen (secondary N) is 1. The van der Waals surface area contributed by atoms with Crippen LogP contribution in [0.1, 0.15) is 36.8 Å². The summed E-state index contributed by atoms with van der Waals surface area (Å²) in [7, 11) is 0. The molecule has 0 fully saturated rings. The van der Waals surface area contributed by atoms with Gasteiger partial charge in [-0.15, -0.1) is 0 Å². The number of aromatic nitrogens is 1. The first-order chi connectivity index (χ1) is 8.33. The molecule has 1 amide bonds. The number of nitrogens with zero attached hydrogens (tertiary/aromatic N) is 1. The molecule has 0 aliphatic heterocycles. The topological polar surface area (TPSA) is 88.5 Å². The molecule has 6 heteroatoms. The molecule has 1 heterocycles. The van der Waals surface area contributed by atoms with E-state index in [1.807, 2.05) is 0 Å². The van der Waals surface area contributed by atoms with E-state index in [0.29, 0.717) is 11.8 Å². The second-order valence-corrected chi connectivity index (χ2v) is 4.68. The van der Waals surface area contributed by atoms with Gasteiger partial charge in [0.25, 0.3) is 0 Å². The monoisotopic (exact) mass is 252 g/mol. The molecule has 0 aliphatic rings. The van der Waals surface area contributed by atoms with E-state index in [0.717, 1.165) is 0 Å². The highest BCUT2D eigenvalue weighted by molar-refractivity contribution is 5.77. The molecule has 0 saturated heterocycles. The Kier molecular flexibility index (Phi) is 4.25. The zero-order valence-electron chi connectivity index (χ0n) is 10.6. The van der Waals surface area contributed by atoms with Gasteiger partial charge in [0.15, 0.2) is 6.29 Å². The average molecular weight is 252 g/mol. The molecule has 0 atom stereocenters. The lowest BCUT2D eigenvalue weighted by Crippen LogP contribution is -2.32. The zero-order chi connectivity index (χ0) is 13.8. The number of rotatable bonds is 3. The van der Waals surface area contributed by atoms with E-state index in [9.17, 15) is 14.7 Å². The highest BCUT2D eigenvalue weighted by atomic mass is 16.6. The van der Waals surface area contributed by atoms with Crippen LogP contribution >= 0.6 is 0 Å². The van der Waals surface area contributed by atoms with Crippen molar-refractivity contribution in [1.29, 1.82) is 0 Å². The summed E-state index contributed by atoms with van der Waals surface area (Å²) in [6.45, 7) is 5.31. The van der Waals surface area contributed by atoms with Crippen molar-refractivity contribution in [2.45, 2.75) is 32.9 Å². The van der Waals surface area contributed by atoms with Gasteiger partial charge in [-0.05, 0) is 26.8 Å². The molecule has 0 aliphatic carbocycles. The number of aromatic hydroxyl groups is 1. The minimum atomic E-state index is -0.591. The smallest absolute Gasteiger partial charge is 0.407 e. The summed E-state index contributed by atoms with van der Waals surface area (Å²) in [6.07, 6.45) is 1.24. The van der Waals surface area contributed by atoms with Gasteiger partial charge >= 0.3 is 6.09 Å². The van der Waals surface area contributed by atoms with Crippen LogP contribution in [0, 0.1) is 0 Å². The van der Waals surface area contributed by atoms with Gasteiger partial charge in [0.05, 0.1) is 0 Å². The number of hydrogen-bond acceptors (Lipinski definition) is 5. The van der Waals surface area contributed by atoms with Crippen molar-refractivity contribution in [1.82, 2.24) is 10.3 Å². The molecule has 0 aromatic carbocycles. The van der Waals surface area contributed by atoms with E-state index in [-0.39, 0.29) is 18.0 Å². The third-order valence-electron chi connectivity index (χ3n) is 1.97. The maximum Gasteiger partial charge on any atom is 0.407 e. The average Bonchev–Trinajstić information content (AvgIpc) is 2.25. The van der Waals surface area contributed by atoms with Gasteiger partial charge in [-0.3, -0.25) is 4.79 Å². The fourth-order valence-corrected chi connectivity index (χ4v) is 1.22. The van der Waals surface area contributed by atoms with Gasteiger partial charge in [-0.1, -0.05) is 0 Å². The van der Waals surface area contributed by atoms with Gasteiger partial charge in [-0.2, -0.15) is 0 Å². The van der Waals surface area contributed by atoms with E-state index in [1.54, 1.807) is 20.8 Å². The Bertz CT molecular complexity index is 452. The highest BCUT2D eigenvalue weighted by Gasteiger charge is 2.16. The molecule has 0 bridgehead atoms. The predicted octanol–water partition coefficient (Wildman–Crippen LogP) is 1.62. The van der Waals surface area contributed by atoms with Gasteiger partial charge in [0.2, 0.25) is 0 Å². The quantitative estimate of drug-likeness (QED) is 0.798. The van der Waals surface area contributed by atoms with Gasteiger partial charge in [0, 0.05) is 18.3 Å². The summed E-state index contributed by atoms with van der Waals surface area (Å²) in [5, 5.41) is 12.1. The van der Waals surface area contributed by atoms with Gasteiger partial charge in [0.1, 0.15) is 17.0 Å². The number of hydrogen-bond donors (Lipinski definition) is 2. The van der Waals surface area contributed by atoms with Crippen LogP contribution in [0.25, 0.3) is 0 Å². The molecule has 6 nitrogen and oxygen atoms in total. The fraction of sp³-hybridized carbons (Fsp3) is 0.417. The number of pyridine rings is 1. The molecule has 1 aromatic heterocycles. The second-order valence-electron chi connectivity index (χ2n) is 4.68. The number of ether oxygens (including phenoxy) is 1. The molecule has 18 heavy (non-hydrogen) atoms. The third-order valence-corrected chi connectivity index (χ3v) is 1.97. The van der Waals surface area contributed by atoms with Gasteiger partial charge < -0.3 is 15.2 Å². The molecular weight excluding hydrogens is 236 g/mol. The van der Waals surface area contributed by atoms with Crippen LogP contribution < -0.4 is 5.32 Å². The Morgan fingerprint density at radius 3 is 2.78 bits per heavy atom. The maximum absolute atomic E-state index is 11.4. The van der Waals surface area contributed by atoms with E-state index in [1.165, 1.54) is 12.3 Å². The summed E-state index contributed by atoms with van der Waals surface area (Å²) < 4.78 is 5.04.